The van der Waals surface area contributed by atoms with Crippen LogP contribution in [0.5, 0.6) is 5.75 Å². The standard InChI is InChI=1S/C16H14BrNO3/c1-20-14-9-7-13(8-10-14)18-15(16(19)21-2)11-3-5-12(17)6-4-11/h3-10H,1-2H3. The van der Waals surface area contributed by atoms with E-state index in [9.17, 15) is 4.79 Å². The van der Waals surface area contributed by atoms with Crippen LogP contribution in [0.2, 0.25) is 0 Å². The van der Waals surface area contributed by atoms with Gasteiger partial charge in [-0.25, -0.2) is 9.79 Å². The Morgan fingerprint density at radius 1 is 1.00 bits per heavy atom. The first-order chi connectivity index (χ1) is 10.1. The average Bonchev–Trinajstić information content (AvgIpc) is 2.53. The highest BCUT2D eigenvalue weighted by molar-refractivity contribution is 9.10. The van der Waals surface area contributed by atoms with Crippen molar-refractivity contribution in [3.05, 3.63) is 58.6 Å². The Labute approximate surface area is 131 Å². The Bertz CT molecular complexity index is 648. The van der Waals surface area contributed by atoms with Crippen LogP contribution in [0.1, 0.15) is 5.56 Å². The number of aliphatic imine (C=N–C) groups is 1. The van der Waals surface area contributed by atoms with E-state index in [0.29, 0.717) is 11.3 Å². The molecule has 0 heterocycles. The highest BCUT2D eigenvalue weighted by Crippen LogP contribution is 2.20. The molecule has 0 aromatic heterocycles. The van der Waals surface area contributed by atoms with E-state index in [2.05, 4.69) is 20.9 Å². The third-order valence-electron chi connectivity index (χ3n) is 2.81. The minimum absolute atomic E-state index is 0.259. The molecule has 21 heavy (non-hydrogen) atoms. The lowest BCUT2D eigenvalue weighted by Gasteiger charge is -2.06. The number of esters is 1. The molecule has 5 heteroatoms. The Hall–Kier alpha value is -2.14. The molecular formula is C16H14BrNO3. The highest BCUT2D eigenvalue weighted by atomic mass is 79.9. The first-order valence-electron chi connectivity index (χ1n) is 6.21. The van der Waals surface area contributed by atoms with E-state index in [1.807, 2.05) is 24.3 Å². The van der Waals surface area contributed by atoms with E-state index in [4.69, 9.17) is 9.47 Å². The SMILES string of the molecule is COC(=O)C(=Nc1ccc(OC)cc1)c1ccc(Br)cc1. The van der Waals surface area contributed by atoms with Crippen LogP contribution in [-0.2, 0) is 9.53 Å². The number of methoxy groups -OCH3 is 2. The average molecular weight is 348 g/mol. The number of carbonyl (C=O) groups is 1. The van der Waals surface area contributed by atoms with Gasteiger partial charge in [0.15, 0.2) is 5.71 Å². The third-order valence-corrected chi connectivity index (χ3v) is 3.34. The first-order valence-corrected chi connectivity index (χ1v) is 7.00. The molecule has 0 saturated carbocycles. The van der Waals surface area contributed by atoms with Crippen LogP contribution in [0.25, 0.3) is 0 Å². The van der Waals surface area contributed by atoms with Crippen molar-refractivity contribution in [2.24, 2.45) is 4.99 Å². The molecule has 0 unspecified atom stereocenters. The Kier molecular flexibility index (Phi) is 5.11. The van der Waals surface area contributed by atoms with Crippen LogP contribution in [0.15, 0.2) is 58.0 Å². The van der Waals surface area contributed by atoms with Gasteiger partial charge in [-0.1, -0.05) is 28.1 Å². The normalized spacial score (nSPS) is 11.1. The Morgan fingerprint density at radius 2 is 1.62 bits per heavy atom. The minimum atomic E-state index is -0.479. The number of halogens is 1. The van der Waals surface area contributed by atoms with Gasteiger partial charge in [-0.05, 0) is 36.4 Å². The van der Waals surface area contributed by atoms with Gasteiger partial charge < -0.3 is 9.47 Å². The number of hydrogen-bond donors (Lipinski definition) is 0. The molecule has 2 rings (SSSR count). The second-order valence-electron chi connectivity index (χ2n) is 4.16. The zero-order chi connectivity index (χ0) is 15.2. The first kappa shape index (κ1) is 15.3. The number of ether oxygens (including phenoxy) is 2. The monoisotopic (exact) mass is 347 g/mol. The quantitative estimate of drug-likeness (QED) is 0.625. The highest BCUT2D eigenvalue weighted by Gasteiger charge is 2.14. The molecule has 0 aliphatic carbocycles. The van der Waals surface area contributed by atoms with Gasteiger partial charge in [-0.2, -0.15) is 0 Å². The molecule has 2 aromatic carbocycles. The molecule has 0 aliphatic heterocycles. The van der Waals surface area contributed by atoms with Crippen LogP contribution in [-0.4, -0.2) is 25.9 Å². The van der Waals surface area contributed by atoms with Crippen LogP contribution < -0.4 is 4.74 Å². The third kappa shape index (κ3) is 3.92. The lowest BCUT2D eigenvalue weighted by Crippen LogP contribution is -2.16. The summed E-state index contributed by atoms with van der Waals surface area (Å²) in [5.41, 5.74) is 1.61. The van der Waals surface area contributed by atoms with E-state index in [0.717, 1.165) is 10.2 Å². The zero-order valence-corrected chi connectivity index (χ0v) is 13.3. The summed E-state index contributed by atoms with van der Waals surface area (Å²) < 4.78 is 10.8. The summed E-state index contributed by atoms with van der Waals surface area (Å²) in [7, 11) is 2.94. The van der Waals surface area contributed by atoms with Gasteiger partial charge in [0.05, 0.1) is 19.9 Å². The van der Waals surface area contributed by atoms with Gasteiger partial charge in [-0.3, -0.25) is 0 Å². The smallest absolute Gasteiger partial charge is 0.357 e. The number of carbonyl (C=O) groups excluding carboxylic acids is 1. The van der Waals surface area contributed by atoms with Crippen LogP contribution in [0, 0.1) is 0 Å². The summed E-state index contributed by atoms with van der Waals surface area (Å²) in [6.07, 6.45) is 0. The van der Waals surface area contributed by atoms with E-state index in [-0.39, 0.29) is 5.71 Å². The van der Waals surface area contributed by atoms with Gasteiger partial charge in [0.25, 0.3) is 0 Å². The van der Waals surface area contributed by atoms with E-state index in [1.165, 1.54) is 7.11 Å². The predicted octanol–water partition coefficient (Wildman–Crippen LogP) is 3.75. The van der Waals surface area contributed by atoms with Gasteiger partial charge in [0, 0.05) is 10.0 Å². The van der Waals surface area contributed by atoms with Crippen molar-refractivity contribution >= 4 is 33.3 Å². The summed E-state index contributed by atoms with van der Waals surface area (Å²) in [4.78, 5) is 16.3. The van der Waals surface area contributed by atoms with Crippen molar-refractivity contribution in [2.75, 3.05) is 14.2 Å². The Morgan fingerprint density at radius 3 is 2.14 bits per heavy atom. The minimum Gasteiger partial charge on any atom is -0.497 e. The molecule has 0 N–H and O–H groups in total. The summed E-state index contributed by atoms with van der Waals surface area (Å²) in [5.74, 6) is 0.255. The van der Waals surface area contributed by atoms with Crippen LogP contribution in [0.3, 0.4) is 0 Å². The fraction of sp³-hybridized carbons (Fsp3) is 0.125. The number of hydrogen-bond acceptors (Lipinski definition) is 4. The van der Waals surface area contributed by atoms with E-state index < -0.39 is 5.97 Å². The summed E-state index contributed by atoms with van der Waals surface area (Å²) in [6, 6.07) is 14.4. The lowest BCUT2D eigenvalue weighted by atomic mass is 10.1. The zero-order valence-electron chi connectivity index (χ0n) is 11.7. The van der Waals surface area contributed by atoms with Crippen molar-refractivity contribution < 1.29 is 14.3 Å². The summed E-state index contributed by atoms with van der Waals surface area (Å²) in [5, 5.41) is 0. The largest absolute Gasteiger partial charge is 0.497 e. The van der Waals surface area contributed by atoms with Crippen molar-refractivity contribution in [1.82, 2.24) is 0 Å². The second-order valence-corrected chi connectivity index (χ2v) is 5.07. The molecule has 0 saturated heterocycles. The lowest BCUT2D eigenvalue weighted by molar-refractivity contribution is -0.132. The molecule has 0 aliphatic rings. The molecule has 2 aromatic rings. The van der Waals surface area contributed by atoms with Crippen molar-refractivity contribution in [2.45, 2.75) is 0 Å². The fourth-order valence-electron chi connectivity index (χ4n) is 1.72. The van der Waals surface area contributed by atoms with Gasteiger partial charge in [-0.15, -0.1) is 0 Å². The van der Waals surface area contributed by atoms with Gasteiger partial charge in [0.1, 0.15) is 5.75 Å². The van der Waals surface area contributed by atoms with Gasteiger partial charge >= 0.3 is 5.97 Å². The maximum atomic E-state index is 11.9. The molecule has 4 nitrogen and oxygen atoms in total. The number of nitrogens with zero attached hydrogens (tertiary/aromatic N) is 1. The maximum Gasteiger partial charge on any atom is 0.357 e. The molecular weight excluding hydrogens is 334 g/mol. The molecule has 0 atom stereocenters. The molecule has 0 amide bonds. The van der Waals surface area contributed by atoms with Crippen molar-refractivity contribution in [3.63, 3.8) is 0 Å². The molecule has 0 fully saturated rings. The second kappa shape index (κ2) is 7.04. The number of rotatable bonds is 4. The fourth-order valence-corrected chi connectivity index (χ4v) is 1.98. The van der Waals surface area contributed by atoms with Crippen LogP contribution >= 0.6 is 15.9 Å². The predicted molar refractivity (Wildman–Crippen MR) is 85.3 cm³/mol. The summed E-state index contributed by atoms with van der Waals surface area (Å²) in [6.45, 7) is 0. The molecule has 0 spiro atoms. The molecule has 0 radical (unpaired) electrons. The van der Waals surface area contributed by atoms with E-state index in [1.54, 1.807) is 31.4 Å². The summed E-state index contributed by atoms with van der Waals surface area (Å²) >= 11 is 3.36. The maximum absolute atomic E-state index is 11.9. The molecule has 108 valence electrons. The van der Waals surface area contributed by atoms with Gasteiger partial charge in [0.2, 0.25) is 0 Å². The number of benzene rings is 2. The topological polar surface area (TPSA) is 47.9 Å². The van der Waals surface area contributed by atoms with Crippen molar-refractivity contribution in [3.8, 4) is 5.75 Å². The van der Waals surface area contributed by atoms with Crippen LogP contribution in [0.4, 0.5) is 5.69 Å². The van der Waals surface area contributed by atoms with E-state index >= 15 is 0 Å². The van der Waals surface area contributed by atoms with Crippen molar-refractivity contribution in [1.29, 1.82) is 0 Å². The Balaban J connectivity index is 2.41. The molecule has 0 bridgehead atoms.